The molecule has 1 aliphatic rings. The average Bonchev–Trinajstić information content (AvgIpc) is 2.68. The molecule has 0 aromatic heterocycles. The largest absolute Gasteiger partial charge is 0.413 e. The van der Waals surface area contributed by atoms with Crippen molar-refractivity contribution in [2.24, 2.45) is 11.8 Å². The van der Waals surface area contributed by atoms with Crippen LogP contribution in [0.4, 0.5) is 0 Å². The Morgan fingerprint density at radius 2 is 1.65 bits per heavy atom. The highest BCUT2D eigenvalue weighted by Crippen LogP contribution is 2.40. The van der Waals surface area contributed by atoms with Crippen LogP contribution in [0.25, 0.3) is 0 Å². The van der Waals surface area contributed by atoms with Gasteiger partial charge in [-0.15, -0.1) is 4.33 Å². The van der Waals surface area contributed by atoms with Crippen molar-refractivity contribution in [3.05, 3.63) is 53.5 Å². The second kappa shape index (κ2) is 8.78. The summed E-state index contributed by atoms with van der Waals surface area (Å²) >= 11 is 1.24. The van der Waals surface area contributed by atoms with Gasteiger partial charge >= 0.3 is 0 Å². The minimum absolute atomic E-state index is 0.181. The predicted molar refractivity (Wildman–Crippen MR) is 113 cm³/mol. The summed E-state index contributed by atoms with van der Waals surface area (Å²) in [6, 6.07) is 9.51. The Bertz CT molecular complexity index is 634. The first-order chi connectivity index (χ1) is 12.1. The summed E-state index contributed by atoms with van der Waals surface area (Å²) in [7, 11) is -1.82. The molecule has 0 spiro atoms. The van der Waals surface area contributed by atoms with E-state index in [2.05, 4.69) is 65.9 Å². The lowest BCUT2D eigenvalue weighted by atomic mass is 9.95. The van der Waals surface area contributed by atoms with Crippen molar-refractivity contribution in [3.8, 4) is 5.75 Å². The van der Waals surface area contributed by atoms with E-state index in [1.807, 2.05) is 30.3 Å². The van der Waals surface area contributed by atoms with Crippen LogP contribution >= 0.6 is 12.0 Å². The van der Waals surface area contributed by atoms with Crippen molar-refractivity contribution in [3.63, 3.8) is 0 Å². The molecule has 1 aliphatic carbocycles. The van der Waals surface area contributed by atoms with Crippen LogP contribution in [0, 0.1) is 11.8 Å². The van der Waals surface area contributed by atoms with Crippen molar-refractivity contribution in [1.29, 1.82) is 0 Å². The fourth-order valence-electron chi connectivity index (χ4n) is 2.60. The van der Waals surface area contributed by atoms with Gasteiger partial charge in [-0.2, -0.15) is 0 Å². The fourth-order valence-corrected chi connectivity index (χ4v) is 4.66. The van der Waals surface area contributed by atoms with Crippen molar-refractivity contribution in [2.75, 3.05) is 0 Å². The molecule has 0 fully saturated rings. The molecule has 3 nitrogen and oxygen atoms in total. The fraction of sp³-hybridized carbons (Fsp3) is 0.524. The first kappa shape index (κ1) is 21.3. The van der Waals surface area contributed by atoms with Gasteiger partial charge in [0.1, 0.15) is 0 Å². The van der Waals surface area contributed by atoms with Crippen molar-refractivity contribution >= 4 is 20.4 Å². The highest BCUT2D eigenvalue weighted by Gasteiger charge is 2.41. The molecular weight excluding hydrogens is 360 g/mol. The molecule has 0 saturated carbocycles. The topological polar surface area (TPSA) is 27.7 Å². The summed E-state index contributed by atoms with van der Waals surface area (Å²) in [5.74, 6) is 1.35. The summed E-state index contributed by atoms with van der Waals surface area (Å²) in [5, 5.41) is 0.205. The van der Waals surface area contributed by atoms with E-state index >= 15 is 0 Å². The predicted octanol–water partition coefficient (Wildman–Crippen LogP) is 6.76. The highest BCUT2D eigenvalue weighted by molar-refractivity contribution is 7.98. The standard InChI is InChI=1S/C21H32O3SSi/c1-16-13-14-19(25-24-22-18-11-9-8-10-12-18)15-17(2)20(16)23-26(6,7)21(3,4)5/h8-17,20H,1-7H3/t16-,17-,20-/m0/s1. The van der Waals surface area contributed by atoms with E-state index in [9.17, 15) is 0 Å². The molecule has 5 heteroatoms. The Hall–Kier alpha value is -1.01. The molecule has 0 unspecified atom stereocenters. The number of benzene rings is 1. The summed E-state index contributed by atoms with van der Waals surface area (Å²) < 4.78 is 12.1. The van der Waals surface area contributed by atoms with Crippen molar-refractivity contribution < 1.29 is 13.6 Å². The molecule has 0 aliphatic heterocycles. The first-order valence-electron chi connectivity index (χ1n) is 9.24. The maximum absolute atomic E-state index is 6.73. The molecule has 2 rings (SSSR count). The number of para-hydroxylation sites is 1. The zero-order valence-corrected chi connectivity index (χ0v) is 18.8. The lowest BCUT2D eigenvalue weighted by Crippen LogP contribution is -2.46. The van der Waals surface area contributed by atoms with Gasteiger partial charge in [0.05, 0.1) is 18.1 Å². The molecule has 144 valence electrons. The molecule has 0 radical (unpaired) electrons. The van der Waals surface area contributed by atoms with Crippen LogP contribution in [-0.2, 0) is 8.76 Å². The second-order valence-corrected chi connectivity index (χ2v) is 14.1. The Kier molecular flexibility index (Phi) is 7.19. The SMILES string of the molecule is C[C@H]1C=CC(SOOc2ccccc2)=C[C@H](C)[C@H]1O[Si](C)(C)C(C)(C)C. The third-order valence-corrected chi connectivity index (χ3v) is 10.3. The molecule has 1 aromatic rings. The van der Waals surface area contributed by atoms with Gasteiger partial charge < -0.3 is 9.31 Å². The molecule has 0 saturated heterocycles. The van der Waals surface area contributed by atoms with Gasteiger partial charge in [-0.05, 0) is 36.2 Å². The third kappa shape index (κ3) is 5.74. The van der Waals surface area contributed by atoms with E-state index in [1.54, 1.807) is 0 Å². The van der Waals surface area contributed by atoms with Crippen LogP contribution in [0.2, 0.25) is 18.1 Å². The molecule has 0 N–H and O–H groups in total. The minimum atomic E-state index is -1.82. The minimum Gasteiger partial charge on any atom is -0.413 e. The lowest BCUT2D eigenvalue weighted by Gasteiger charge is -2.41. The van der Waals surface area contributed by atoms with Gasteiger partial charge in [0.2, 0.25) is 0 Å². The number of rotatable bonds is 6. The summed E-state index contributed by atoms with van der Waals surface area (Å²) in [5.41, 5.74) is 0. The molecule has 0 bridgehead atoms. The van der Waals surface area contributed by atoms with Crippen molar-refractivity contribution in [1.82, 2.24) is 0 Å². The van der Waals surface area contributed by atoms with E-state index in [4.69, 9.17) is 13.6 Å². The Balaban J connectivity index is 2.00. The molecule has 0 heterocycles. The maximum atomic E-state index is 6.73. The monoisotopic (exact) mass is 392 g/mol. The highest BCUT2D eigenvalue weighted by atomic mass is 32.2. The number of allylic oxidation sites excluding steroid dienone is 1. The molecule has 3 atom stereocenters. The molecule has 26 heavy (non-hydrogen) atoms. The average molecular weight is 393 g/mol. The normalized spacial score (nSPS) is 24.1. The van der Waals surface area contributed by atoms with Crippen molar-refractivity contribution in [2.45, 2.75) is 58.9 Å². The Labute approximate surface area is 164 Å². The first-order valence-corrected chi connectivity index (χ1v) is 12.9. The number of hydrogen-bond acceptors (Lipinski definition) is 4. The van der Waals surface area contributed by atoms with Gasteiger partial charge in [-0.3, -0.25) is 0 Å². The summed E-state index contributed by atoms with van der Waals surface area (Å²) in [4.78, 5) is 6.37. The smallest absolute Gasteiger partial charge is 0.192 e. The molecule has 1 aromatic carbocycles. The third-order valence-electron chi connectivity index (χ3n) is 5.27. The van der Waals surface area contributed by atoms with Crippen LogP contribution in [0.1, 0.15) is 34.6 Å². The zero-order chi connectivity index (χ0) is 19.4. The lowest BCUT2D eigenvalue weighted by molar-refractivity contribution is -0.0767. The van der Waals surface area contributed by atoms with Gasteiger partial charge in [0, 0.05) is 10.8 Å². The summed E-state index contributed by atoms with van der Waals surface area (Å²) in [6.07, 6.45) is 6.72. The second-order valence-electron chi connectivity index (χ2n) is 8.54. The zero-order valence-electron chi connectivity index (χ0n) is 17.0. The Morgan fingerprint density at radius 1 is 1.00 bits per heavy atom. The van der Waals surface area contributed by atoms with Crippen LogP contribution in [0.3, 0.4) is 0 Å². The van der Waals surface area contributed by atoms with Gasteiger partial charge in [0.25, 0.3) is 0 Å². The molecule has 0 amide bonds. The van der Waals surface area contributed by atoms with E-state index in [-0.39, 0.29) is 11.1 Å². The summed E-state index contributed by atoms with van der Waals surface area (Å²) in [6.45, 7) is 15.9. The van der Waals surface area contributed by atoms with E-state index < -0.39 is 8.32 Å². The molecular formula is C21H32O3SSi. The van der Waals surface area contributed by atoms with Crippen LogP contribution in [-0.4, -0.2) is 14.4 Å². The van der Waals surface area contributed by atoms with E-state index in [0.717, 1.165) is 4.91 Å². The van der Waals surface area contributed by atoms with Crippen LogP contribution in [0.15, 0.2) is 53.5 Å². The van der Waals surface area contributed by atoms with Crippen LogP contribution in [0.5, 0.6) is 5.75 Å². The number of hydrogen-bond donors (Lipinski definition) is 0. The van der Waals surface area contributed by atoms with E-state index in [1.165, 1.54) is 12.0 Å². The van der Waals surface area contributed by atoms with E-state index in [0.29, 0.717) is 17.6 Å². The van der Waals surface area contributed by atoms with Gasteiger partial charge in [-0.25, -0.2) is 0 Å². The van der Waals surface area contributed by atoms with Gasteiger partial charge in [0.15, 0.2) is 14.1 Å². The van der Waals surface area contributed by atoms with Crippen LogP contribution < -0.4 is 4.89 Å². The van der Waals surface area contributed by atoms with Gasteiger partial charge in [-0.1, -0.05) is 71.0 Å². The quantitative estimate of drug-likeness (QED) is 0.231. The maximum Gasteiger partial charge on any atom is 0.192 e. The Morgan fingerprint density at radius 3 is 2.27 bits per heavy atom.